The molecule has 5 aliphatic rings. The smallest absolute Gasteiger partial charge is 0.408 e. The Balaban J connectivity index is 1.16. The first kappa shape index (κ1) is 47.5. The number of benzene rings is 1. The SMILES string of the molecule is C=C[C@@H]1C[C@]1(NC(=O)[C@@H]1C[C@@](C(C)C)(C2(C)CCC2)CN1C(=O)[C@@H](NC(=O)[C@@H](NC(=O)OC1CCN(C)CC1)C1CCCCC1)C(C)(C)C)C(=O)NS(=O)(=O)c1cccc2cc[nH]c12. The van der Waals surface area contributed by atoms with Crippen molar-refractivity contribution < 1.29 is 37.1 Å². The van der Waals surface area contributed by atoms with Crippen LogP contribution in [0.5, 0.6) is 0 Å². The molecule has 2 aromatic rings. The quantitative estimate of drug-likeness (QED) is 0.146. The number of piperidine rings is 1. The number of nitrogens with one attached hydrogen (secondary N) is 5. The first-order valence-corrected chi connectivity index (χ1v) is 25.0. The molecule has 352 valence electrons. The molecule has 0 radical (unpaired) electrons. The lowest BCUT2D eigenvalue weighted by Crippen LogP contribution is -2.62. The molecule has 1 aromatic heterocycles. The Hall–Kier alpha value is -4.44. The summed E-state index contributed by atoms with van der Waals surface area (Å²) in [5.74, 6) is -3.01. The highest BCUT2D eigenvalue weighted by atomic mass is 32.2. The lowest BCUT2D eigenvalue weighted by Gasteiger charge is -2.55. The maximum absolute atomic E-state index is 15.4. The van der Waals surface area contributed by atoms with Crippen molar-refractivity contribution in [3.63, 3.8) is 0 Å². The van der Waals surface area contributed by atoms with Crippen molar-refractivity contribution in [2.24, 2.45) is 34.0 Å². The van der Waals surface area contributed by atoms with Crippen molar-refractivity contribution in [1.29, 1.82) is 0 Å². The van der Waals surface area contributed by atoms with Crippen LogP contribution in [-0.4, -0.2) is 109 Å². The molecule has 15 nitrogen and oxygen atoms in total. The van der Waals surface area contributed by atoms with Crippen LogP contribution in [0.25, 0.3) is 10.9 Å². The van der Waals surface area contributed by atoms with E-state index in [0.29, 0.717) is 30.2 Å². The van der Waals surface area contributed by atoms with Crippen molar-refractivity contribution in [3.05, 3.63) is 43.1 Å². The van der Waals surface area contributed by atoms with Gasteiger partial charge in [0.05, 0.1) is 5.52 Å². The van der Waals surface area contributed by atoms with Crippen LogP contribution in [0.1, 0.15) is 119 Å². The van der Waals surface area contributed by atoms with Crippen LogP contribution in [0, 0.1) is 34.0 Å². The molecule has 6 atom stereocenters. The number of carbonyl (C=O) groups is 5. The molecular weight excluding hydrogens is 835 g/mol. The first-order chi connectivity index (χ1) is 30.1. The molecular formula is C48H71N7O8S. The predicted octanol–water partition coefficient (Wildman–Crippen LogP) is 5.77. The van der Waals surface area contributed by atoms with Crippen LogP contribution in [0.2, 0.25) is 0 Å². The van der Waals surface area contributed by atoms with Gasteiger partial charge in [0.2, 0.25) is 17.7 Å². The van der Waals surface area contributed by atoms with Crippen molar-refractivity contribution >= 4 is 50.6 Å². The zero-order valence-corrected chi connectivity index (χ0v) is 39.7. The third kappa shape index (κ3) is 9.19. The number of fused-ring (bicyclic) bond motifs is 1. The summed E-state index contributed by atoms with van der Waals surface area (Å²) in [6, 6.07) is 3.44. The monoisotopic (exact) mass is 906 g/mol. The number of H-pyrrole nitrogens is 1. The van der Waals surface area contributed by atoms with Crippen LogP contribution in [0.15, 0.2) is 48.0 Å². The Morgan fingerprint density at radius 3 is 2.23 bits per heavy atom. The molecule has 3 saturated carbocycles. The maximum Gasteiger partial charge on any atom is 0.408 e. The third-order valence-corrected chi connectivity index (χ3v) is 17.2. The van der Waals surface area contributed by atoms with Gasteiger partial charge >= 0.3 is 6.09 Å². The average molecular weight is 906 g/mol. The van der Waals surface area contributed by atoms with E-state index in [1.54, 1.807) is 29.3 Å². The minimum absolute atomic E-state index is 0.0592. The molecule has 5 N–H and O–H groups in total. The van der Waals surface area contributed by atoms with Gasteiger partial charge in [0, 0.05) is 37.1 Å². The number of aromatic amines is 1. The van der Waals surface area contributed by atoms with Crippen LogP contribution in [0.4, 0.5) is 4.79 Å². The van der Waals surface area contributed by atoms with E-state index in [2.05, 4.69) is 57.9 Å². The maximum atomic E-state index is 15.4. The van der Waals surface area contributed by atoms with Gasteiger partial charge in [-0.2, -0.15) is 0 Å². The number of likely N-dealkylation sites (tertiary alicyclic amines) is 2. The van der Waals surface area contributed by atoms with E-state index in [1.165, 1.54) is 12.1 Å². The average Bonchev–Trinajstić information content (AvgIpc) is 3.51. The van der Waals surface area contributed by atoms with E-state index in [-0.39, 0.29) is 41.2 Å². The summed E-state index contributed by atoms with van der Waals surface area (Å²) in [5.41, 5.74) is -2.75. The fourth-order valence-corrected chi connectivity index (χ4v) is 12.6. The molecule has 0 spiro atoms. The van der Waals surface area contributed by atoms with E-state index in [0.717, 1.165) is 64.5 Å². The normalized spacial score (nSPS) is 27.5. The highest BCUT2D eigenvalue weighted by molar-refractivity contribution is 7.90. The lowest BCUT2D eigenvalue weighted by atomic mass is 9.49. The van der Waals surface area contributed by atoms with E-state index in [4.69, 9.17) is 4.74 Å². The lowest BCUT2D eigenvalue weighted by molar-refractivity contribution is -0.145. The van der Waals surface area contributed by atoms with E-state index < -0.39 is 80.2 Å². The molecule has 0 bridgehead atoms. The minimum atomic E-state index is -4.38. The Bertz CT molecular complexity index is 2220. The molecule has 7 rings (SSSR count). The second-order valence-corrected chi connectivity index (χ2v) is 22.9. The van der Waals surface area contributed by atoms with E-state index >= 15 is 4.79 Å². The minimum Gasteiger partial charge on any atom is -0.446 e. The molecule has 0 unspecified atom stereocenters. The summed E-state index contributed by atoms with van der Waals surface area (Å²) in [4.78, 5) is 79.3. The Kier molecular flexibility index (Phi) is 13.4. The molecule has 16 heteroatoms. The number of amides is 5. The van der Waals surface area contributed by atoms with Crippen molar-refractivity contribution in [1.82, 2.24) is 35.5 Å². The number of alkyl carbamates (subject to hydrolysis) is 1. The Morgan fingerprint density at radius 1 is 0.953 bits per heavy atom. The Morgan fingerprint density at radius 2 is 1.64 bits per heavy atom. The van der Waals surface area contributed by atoms with Gasteiger partial charge in [0.25, 0.3) is 15.9 Å². The summed E-state index contributed by atoms with van der Waals surface area (Å²) >= 11 is 0. The van der Waals surface area contributed by atoms with Gasteiger partial charge in [-0.15, -0.1) is 6.58 Å². The van der Waals surface area contributed by atoms with Gasteiger partial charge in [-0.25, -0.2) is 17.9 Å². The summed E-state index contributed by atoms with van der Waals surface area (Å²) in [5, 5.41) is 9.63. The highest BCUT2D eigenvalue weighted by Gasteiger charge is 2.65. The number of hydrogen-bond donors (Lipinski definition) is 5. The third-order valence-electron chi connectivity index (χ3n) is 15.9. The standard InChI is InChI=1S/C48H71N7O8S/c1-9-33-27-48(33,43(59)53-64(61,62)36-18-13-17-32-19-24-49-37(32)36)52-40(56)35-28-47(30(2)3,46(7)22-14-23-46)29-55(35)42(58)39(45(4,5)6)51-41(57)38(31-15-11-10-12-16-31)50-44(60)63-34-20-25-54(8)26-21-34/h9,13,17-19,24,30-31,33-35,38-39,49H,1,10-12,14-16,20-23,25-29H2,2-8H3,(H,50,60)(H,51,57)(H,52,56)(H,53,59)/t33-,35+,38+,39-,47-,48-/m1/s1. The molecule has 3 aliphatic carbocycles. The van der Waals surface area contributed by atoms with Gasteiger partial charge in [-0.1, -0.05) is 85.4 Å². The topological polar surface area (TPSA) is 199 Å². The largest absolute Gasteiger partial charge is 0.446 e. The highest BCUT2D eigenvalue weighted by Crippen LogP contribution is 2.62. The van der Waals surface area contributed by atoms with Gasteiger partial charge < -0.3 is 35.5 Å². The van der Waals surface area contributed by atoms with Crippen LogP contribution in [0.3, 0.4) is 0 Å². The molecule has 3 heterocycles. The molecule has 5 amide bonds. The van der Waals surface area contributed by atoms with Crippen LogP contribution < -0.4 is 20.7 Å². The molecule has 1 aromatic carbocycles. The number of nitrogens with zero attached hydrogens (tertiary/aromatic N) is 2. The number of ether oxygens (including phenoxy) is 1. The van der Waals surface area contributed by atoms with Gasteiger partial charge in [0.15, 0.2) is 0 Å². The number of hydrogen-bond acceptors (Lipinski definition) is 9. The number of rotatable bonds is 14. The molecule has 5 fully saturated rings. The second-order valence-electron chi connectivity index (χ2n) is 21.3. The zero-order chi connectivity index (χ0) is 46.4. The Labute approximate surface area is 379 Å². The van der Waals surface area contributed by atoms with E-state index in [9.17, 15) is 27.6 Å². The summed E-state index contributed by atoms with van der Waals surface area (Å²) in [6.45, 7) is 17.8. The molecule has 2 saturated heterocycles. The fraction of sp³-hybridized carbons (Fsp3) is 0.688. The van der Waals surface area contributed by atoms with E-state index in [1.807, 2.05) is 27.8 Å². The van der Waals surface area contributed by atoms with Gasteiger partial charge in [-0.05, 0) is 98.6 Å². The van der Waals surface area contributed by atoms with Crippen LogP contribution >= 0.6 is 0 Å². The number of carbonyl (C=O) groups excluding carboxylic acids is 5. The van der Waals surface area contributed by atoms with Gasteiger partial charge in [-0.3, -0.25) is 19.2 Å². The van der Waals surface area contributed by atoms with Crippen LogP contribution in [-0.2, 0) is 33.9 Å². The van der Waals surface area contributed by atoms with Crippen molar-refractivity contribution in [2.45, 2.75) is 153 Å². The summed E-state index contributed by atoms with van der Waals surface area (Å²) < 4.78 is 35.6. The van der Waals surface area contributed by atoms with Crippen molar-refractivity contribution in [2.75, 3.05) is 26.7 Å². The molecule has 64 heavy (non-hydrogen) atoms. The fourth-order valence-electron chi connectivity index (χ4n) is 11.4. The summed E-state index contributed by atoms with van der Waals surface area (Å²) in [6.07, 6.45) is 11.4. The number of para-hydroxylation sites is 1. The van der Waals surface area contributed by atoms with Gasteiger partial charge in [0.1, 0.15) is 34.7 Å². The summed E-state index contributed by atoms with van der Waals surface area (Å²) in [7, 11) is -2.35. The first-order valence-electron chi connectivity index (χ1n) is 23.5. The zero-order valence-electron chi connectivity index (χ0n) is 38.9. The molecule has 2 aliphatic heterocycles. The number of aromatic nitrogens is 1. The predicted molar refractivity (Wildman–Crippen MR) is 244 cm³/mol. The second kappa shape index (κ2) is 18.1. The number of sulfonamides is 1. The van der Waals surface area contributed by atoms with Crippen molar-refractivity contribution in [3.8, 4) is 0 Å².